The van der Waals surface area contributed by atoms with Crippen LogP contribution in [0.3, 0.4) is 0 Å². The lowest BCUT2D eigenvalue weighted by molar-refractivity contribution is 0.301. The molecular formula is C29H26ClN3O3. The van der Waals surface area contributed by atoms with Gasteiger partial charge in [0, 0.05) is 29.5 Å². The molecule has 0 N–H and O–H groups in total. The van der Waals surface area contributed by atoms with Crippen LogP contribution in [-0.4, -0.2) is 14.5 Å². The highest BCUT2D eigenvalue weighted by molar-refractivity contribution is 6.30. The maximum atomic E-state index is 5.93. The molecule has 0 radical (unpaired) electrons. The Morgan fingerprint density at radius 1 is 0.806 bits per heavy atom. The number of hydrogen-bond acceptors (Lipinski definition) is 5. The highest BCUT2D eigenvalue weighted by Crippen LogP contribution is 2.23. The summed E-state index contributed by atoms with van der Waals surface area (Å²) in [7, 11) is 0. The van der Waals surface area contributed by atoms with Crippen LogP contribution in [0.1, 0.15) is 23.2 Å². The van der Waals surface area contributed by atoms with Crippen LogP contribution < -0.4 is 9.47 Å². The van der Waals surface area contributed by atoms with Crippen molar-refractivity contribution < 1.29 is 13.9 Å². The molecule has 2 heterocycles. The lowest BCUT2D eigenvalue weighted by Crippen LogP contribution is -1.98. The lowest BCUT2D eigenvalue weighted by atomic mass is 10.1. The Morgan fingerprint density at radius 2 is 1.50 bits per heavy atom. The topological polar surface area (TPSA) is 62.3 Å². The molecule has 0 aliphatic heterocycles. The van der Waals surface area contributed by atoms with Gasteiger partial charge in [-0.15, -0.1) is 0 Å². The van der Waals surface area contributed by atoms with E-state index in [1.807, 2.05) is 73.2 Å². The third-order valence-corrected chi connectivity index (χ3v) is 5.97. The van der Waals surface area contributed by atoms with Crippen LogP contribution in [-0.2, 0) is 26.2 Å². The molecule has 0 atom stereocenters. The first-order chi connectivity index (χ1) is 17.7. The number of aryl methyl sites for hydroxylation is 2. The molecule has 6 nitrogen and oxygen atoms in total. The fourth-order valence-electron chi connectivity index (χ4n) is 3.74. The van der Waals surface area contributed by atoms with Crippen LogP contribution in [0.25, 0.3) is 11.5 Å². The number of rotatable bonds is 11. The molecule has 5 rings (SSSR count). The van der Waals surface area contributed by atoms with Crippen molar-refractivity contribution in [2.75, 3.05) is 0 Å². The Labute approximate surface area is 215 Å². The van der Waals surface area contributed by atoms with E-state index < -0.39 is 0 Å². The van der Waals surface area contributed by atoms with Crippen LogP contribution in [0.2, 0.25) is 5.02 Å². The molecule has 0 aliphatic rings. The van der Waals surface area contributed by atoms with E-state index in [9.17, 15) is 0 Å². The maximum Gasteiger partial charge on any atom is 0.226 e. The molecule has 0 aliphatic carbocycles. The van der Waals surface area contributed by atoms with Gasteiger partial charge in [-0.05, 0) is 72.5 Å². The largest absolute Gasteiger partial charge is 0.489 e. The molecule has 0 saturated carbocycles. The van der Waals surface area contributed by atoms with E-state index in [-0.39, 0.29) is 0 Å². The molecule has 7 heteroatoms. The van der Waals surface area contributed by atoms with E-state index in [4.69, 9.17) is 25.5 Å². The number of halogens is 1. The summed E-state index contributed by atoms with van der Waals surface area (Å²) in [6, 6.07) is 23.5. The van der Waals surface area contributed by atoms with Crippen molar-refractivity contribution in [3.8, 4) is 23.0 Å². The molecule has 0 unspecified atom stereocenters. The van der Waals surface area contributed by atoms with Gasteiger partial charge < -0.3 is 18.5 Å². The fourth-order valence-corrected chi connectivity index (χ4v) is 3.87. The third-order valence-electron chi connectivity index (χ3n) is 5.72. The first-order valence-corrected chi connectivity index (χ1v) is 12.2. The van der Waals surface area contributed by atoms with Gasteiger partial charge in [0.15, 0.2) is 0 Å². The second-order valence-electron chi connectivity index (χ2n) is 8.42. The summed E-state index contributed by atoms with van der Waals surface area (Å²) < 4.78 is 19.5. The summed E-state index contributed by atoms with van der Waals surface area (Å²) >= 11 is 5.93. The van der Waals surface area contributed by atoms with Gasteiger partial charge in [-0.2, -0.15) is 0 Å². The SMILES string of the molecule is Clc1ccc(COc2ccc(-c3nc(COc4ccc(CCCn5ccnc5)cc4)co3)cc2)cc1. The summed E-state index contributed by atoms with van der Waals surface area (Å²) in [4.78, 5) is 8.63. The van der Waals surface area contributed by atoms with E-state index in [1.54, 1.807) is 12.5 Å². The van der Waals surface area contributed by atoms with Gasteiger partial charge in [0.05, 0.1) is 6.33 Å². The summed E-state index contributed by atoms with van der Waals surface area (Å²) in [5.41, 5.74) is 3.95. The summed E-state index contributed by atoms with van der Waals surface area (Å²) in [6.45, 7) is 1.78. The number of hydrogen-bond donors (Lipinski definition) is 0. The van der Waals surface area contributed by atoms with Crippen molar-refractivity contribution in [2.24, 2.45) is 0 Å². The highest BCUT2D eigenvalue weighted by atomic mass is 35.5. The number of aromatic nitrogens is 3. The normalized spacial score (nSPS) is 10.9. The minimum absolute atomic E-state index is 0.339. The van der Waals surface area contributed by atoms with Crippen molar-refractivity contribution in [2.45, 2.75) is 32.6 Å². The first-order valence-electron chi connectivity index (χ1n) is 11.8. The summed E-state index contributed by atoms with van der Waals surface area (Å²) in [5.74, 6) is 2.13. The van der Waals surface area contributed by atoms with Crippen LogP contribution in [0.5, 0.6) is 11.5 Å². The smallest absolute Gasteiger partial charge is 0.226 e. The van der Waals surface area contributed by atoms with Gasteiger partial charge in [0.2, 0.25) is 5.89 Å². The Morgan fingerprint density at radius 3 is 2.22 bits per heavy atom. The van der Waals surface area contributed by atoms with Gasteiger partial charge in [-0.1, -0.05) is 35.9 Å². The molecule has 3 aromatic carbocycles. The van der Waals surface area contributed by atoms with E-state index in [2.05, 4.69) is 26.7 Å². The standard InChI is InChI=1S/C29H26ClN3O3/c30-25-9-3-23(4-10-25)18-34-28-13-7-24(8-14-28)29-32-26(20-36-29)19-35-27-11-5-22(6-12-27)2-1-16-33-17-15-31-21-33/h3-15,17,20-21H,1-2,16,18-19H2. The number of ether oxygens (including phenoxy) is 2. The van der Waals surface area contributed by atoms with Gasteiger partial charge >= 0.3 is 0 Å². The van der Waals surface area contributed by atoms with E-state index in [1.165, 1.54) is 5.56 Å². The van der Waals surface area contributed by atoms with Gasteiger partial charge in [0.1, 0.15) is 36.7 Å². The molecule has 0 bridgehead atoms. The van der Waals surface area contributed by atoms with Crippen molar-refractivity contribution in [3.63, 3.8) is 0 Å². The van der Waals surface area contributed by atoms with Crippen molar-refractivity contribution in [3.05, 3.63) is 120 Å². The lowest BCUT2D eigenvalue weighted by Gasteiger charge is -2.07. The van der Waals surface area contributed by atoms with Gasteiger partial charge in [-0.25, -0.2) is 9.97 Å². The Bertz CT molecular complexity index is 1350. The fraction of sp³-hybridized carbons (Fsp3) is 0.172. The van der Waals surface area contributed by atoms with E-state index in [0.29, 0.717) is 24.1 Å². The molecular weight excluding hydrogens is 474 g/mol. The molecule has 182 valence electrons. The summed E-state index contributed by atoms with van der Waals surface area (Å²) in [5, 5.41) is 0.713. The van der Waals surface area contributed by atoms with Crippen LogP contribution in [0, 0.1) is 0 Å². The zero-order valence-corrected chi connectivity index (χ0v) is 20.5. The van der Waals surface area contributed by atoms with Crippen LogP contribution in [0.15, 0.2) is 102 Å². The molecule has 5 aromatic rings. The van der Waals surface area contributed by atoms with Crippen LogP contribution in [0.4, 0.5) is 0 Å². The van der Waals surface area contributed by atoms with Gasteiger partial charge in [0.25, 0.3) is 0 Å². The van der Waals surface area contributed by atoms with Crippen molar-refractivity contribution in [1.29, 1.82) is 0 Å². The van der Waals surface area contributed by atoms with Crippen molar-refractivity contribution >= 4 is 11.6 Å². The molecule has 0 spiro atoms. The average molecular weight is 500 g/mol. The third kappa shape index (κ3) is 6.55. The quantitative estimate of drug-likeness (QED) is 0.196. The molecule has 2 aromatic heterocycles. The van der Waals surface area contributed by atoms with Gasteiger partial charge in [-0.3, -0.25) is 0 Å². The number of oxazole rings is 1. The monoisotopic (exact) mass is 499 g/mol. The zero-order chi connectivity index (χ0) is 24.6. The second kappa shape index (κ2) is 11.6. The van der Waals surface area contributed by atoms with E-state index in [0.717, 1.165) is 47.7 Å². The number of nitrogens with zero attached hydrogens (tertiary/aromatic N) is 3. The minimum atomic E-state index is 0.339. The Hall–Kier alpha value is -4.03. The maximum absolute atomic E-state index is 5.93. The van der Waals surface area contributed by atoms with Crippen molar-refractivity contribution in [1.82, 2.24) is 14.5 Å². The minimum Gasteiger partial charge on any atom is -0.489 e. The zero-order valence-electron chi connectivity index (χ0n) is 19.7. The molecule has 36 heavy (non-hydrogen) atoms. The predicted octanol–water partition coefficient (Wildman–Crippen LogP) is 6.98. The van der Waals surface area contributed by atoms with Crippen LogP contribution >= 0.6 is 11.6 Å². The second-order valence-corrected chi connectivity index (χ2v) is 8.86. The van der Waals surface area contributed by atoms with E-state index >= 15 is 0 Å². The predicted molar refractivity (Wildman–Crippen MR) is 139 cm³/mol. The summed E-state index contributed by atoms with van der Waals surface area (Å²) in [6.07, 6.45) is 9.34. The average Bonchev–Trinajstić information content (AvgIpc) is 3.61. The molecule has 0 saturated heterocycles. The number of benzene rings is 3. The molecule has 0 fully saturated rings. The Balaban J connectivity index is 1.08. The molecule has 0 amide bonds. The first kappa shape index (κ1) is 23.7. The number of imidazole rings is 1. The highest BCUT2D eigenvalue weighted by Gasteiger charge is 2.08. The Kier molecular flexibility index (Phi) is 7.64.